The third kappa shape index (κ3) is 2.53. The number of para-hydroxylation sites is 1. The number of rotatable bonds is 5. The van der Waals surface area contributed by atoms with Gasteiger partial charge < -0.3 is 5.11 Å². The van der Waals surface area contributed by atoms with E-state index in [1.165, 1.54) is 0 Å². The minimum absolute atomic E-state index is 0.0978. The number of carboxylic acids is 1. The number of aromatic nitrogens is 4. The summed E-state index contributed by atoms with van der Waals surface area (Å²) in [4.78, 5) is 10.6. The number of carboxylic acid groups (broad SMARTS) is 1. The molecule has 2 rings (SSSR count). The number of benzene rings is 1. The normalized spacial score (nSPS) is 10.5. The second kappa shape index (κ2) is 5.39. The quantitative estimate of drug-likeness (QED) is 0.858. The van der Waals surface area contributed by atoms with Crippen LogP contribution in [-0.4, -0.2) is 31.3 Å². The Morgan fingerprint density at radius 2 is 2.17 bits per heavy atom. The van der Waals surface area contributed by atoms with Crippen molar-refractivity contribution in [2.75, 3.05) is 0 Å². The molecule has 0 amide bonds. The maximum Gasteiger partial charge on any atom is 0.303 e. The van der Waals surface area contributed by atoms with Gasteiger partial charge in [0.05, 0.1) is 5.69 Å². The summed E-state index contributed by atoms with van der Waals surface area (Å²) < 4.78 is 1.66. The van der Waals surface area contributed by atoms with E-state index in [0.29, 0.717) is 6.42 Å². The minimum atomic E-state index is -0.808. The van der Waals surface area contributed by atoms with Crippen LogP contribution in [0.1, 0.15) is 24.7 Å². The van der Waals surface area contributed by atoms with Gasteiger partial charge >= 0.3 is 5.97 Å². The van der Waals surface area contributed by atoms with Crippen LogP contribution in [0.2, 0.25) is 0 Å². The summed E-state index contributed by atoms with van der Waals surface area (Å²) >= 11 is 0. The van der Waals surface area contributed by atoms with Gasteiger partial charge in [0.1, 0.15) is 0 Å². The second-order valence-electron chi connectivity index (χ2n) is 3.88. The zero-order chi connectivity index (χ0) is 13.0. The van der Waals surface area contributed by atoms with Gasteiger partial charge in [-0.15, -0.1) is 5.10 Å². The van der Waals surface area contributed by atoms with Gasteiger partial charge in [-0.1, -0.05) is 25.1 Å². The number of tetrazole rings is 1. The fraction of sp³-hybridized carbons (Fsp3) is 0.333. The predicted octanol–water partition coefficient (Wildman–Crippen LogP) is 1.24. The Morgan fingerprint density at radius 1 is 1.39 bits per heavy atom. The van der Waals surface area contributed by atoms with Crippen LogP contribution in [0.4, 0.5) is 0 Å². The molecule has 0 bridgehead atoms. The molecule has 6 nitrogen and oxygen atoms in total. The largest absolute Gasteiger partial charge is 0.481 e. The summed E-state index contributed by atoms with van der Waals surface area (Å²) in [6.07, 6.45) is 1.29. The summed E-state index contributed by atoms with van der Waals surface area (Å²) in [7, 11) is 0. The molecular formula is C12H14N4O2. The van der Waals surface area contributed by atoms with Gasteiger partial charge in [0.15, 0.2) is 5.82 Å². The molecule has 0 atom stereocenters. The highest BCUT2D eigenvalue weighted by Gasteiger charge is 2.11. The maximum atomic E-state index is 10.6. The zero-order valence-electron chi connectivity index (χ0n) is 10.1. The van der Waals surface area contributed by atoms with E-state index in [9.17, 15) is 4.79 Å². The first kappa shape index (κ1) is 12.2. The van der Waals surface area contributed by atoms with E-state index in [2.05, 4.69) is 15.5 Å². The Kier molecular flexibility index (Phi) is 3.66. The molecule has 0 radical (unpaired) electrons. The van der Waals surface area contributed by atoms with E-state index < -0.39 is 5.97 Å². The average Bonchev–Trinajstić information content (AvgIpc) is 2.84. The van der Waals surface area contributed by atoms with E-state index in [4.69, 9.17) is 5.11 Å². The highest BCUT2D eigenvalue weighted by molar-refractivity contribution is 5.67. The number of carbonyl (C=O) groups is 1. The standard InChI is InChI=1S/C12H14N4O2/c1-2-11-13-14-15-16(11)10-6-4-3-5-9(10)7-8-12(17)18/h3-6H,2,7-8H2,1H3,(H,17,18). The maximum absolute atomic E-state index is 10.6. The van der Waals surface area contributed by atoms with Crippen molar-refractivity contribution >= 4 is 5.97 Å². The zero-order valence-corrected chi connectivity index (χ0v) is 10.1. The lowest BCUT2D eigenvalue weighted by Crippen LogP contribution is -2.07. The van der Waals surface area contributed by atoms with E-state index >= 15 is 0 Å². The Labute approximate surface area is 104 Å². The number of aryl methyl sites for hydroxylation is 2. The SMILES string of the molecule is CCc1nnnn1-c1ccccc1CCC(=O)O. The number of hydrogen-bond donors (Lipinski definition) is 1. The molecule has 0 aliphatic carbocycles. The van der Waals surface area contributed by atoms with Crippen molar-refractivity contribution in [2.24, 2.45) is 0 Å². The van der Waals surface area contributed by atoms with Crippen molar-refractivity contribution in [3.8, 4) is 5.69 Å². The lowest BCUT2D eigenvalue weighted by atomic mass is 10.1. The molecule has 0 aliphatic rings. The predicted molar refractivity (Wildman–Crippen MR) is 64.5 cm³/mol. The molecule has 0 unspecified atom stereocenters. The summed E-state index contributed by atoms with van der Waals surface area (Å²) in [6.45, 7) is 1.97. The molecule has 0 aliphatic heterocycles. The highest BCUT2D eigenvalue weighted by Crippen LogP contribution is 2.16. The van der Waals surface area contributed by atoms with Crippen LogP contribution in [0.3, 0.4) is 0 Å². The molecule has 0 saturated heterocycles. The molecule has 6 heteroatoms. The highest BCUT2D eigenvalue weighted by atomic mass is 16.4. The lowest BCUT2D eigenvalue weighted by molar-refractivity contribution is -0.136. The van der Waals surface area contributed by atoms with Crippen molar-refractivity contribution in [1.29, 1.82) is 0 Å². The molecule has 1 N–H and O–H groups in total. The molecule has 0 fully saturated rings. The van der Waals surface area contributed by atoms with E-state index in [-0.39, 0.29) is 6.42 Å². The number of hydrogen-bond acceptors (Lipinski definition) is 4. The molecular weight excluding hydrogens is 232 g/mol. The molecule has 2 aromatic rings. The van der Waals surface area contributed by atoms with E-state index in [1.54, 1.807) is 4.68 Å². The van der Waals surface area contributed by atoms with Crippen LogP contribution in [-0.2, 0) is 17.6 Å². The molecule has 94 valence electrons. The van der Waals surface area contributed by atoms with Gasteiger partial charge in [-0.2, -0.15) is 4.68 Å². The molecule has 1 heterocycles. The van der Waals surface area contributed by atoms with Gasteiger partial charge in [-0.25, -0.2) is 0 Å². The van der Waals surface area contributed by atoms with Crippen molar-refractivity contribution < 1.29 is 9.90 Å². The first-order chi connectivity index (χ1) is 8.72. The average molecular weight is 246 g/mol. The van der Waals surface area contributed by atoms with Gasteiger partial charge in [-0.3, -0.25) is 4.79 Å². The van der Waals surface area contributed by atoms with Gasteiger partial charge in [0.25, 0.3) is 0 Å². The molecule has 0 spiro atoms. The lowest BCUT2D eigenvalue weighted by Gasteiger charge is -2.09. The first-order valence-electron chi connectivity index (χ1n) is 5.79. The van der Waals surface area contributed by atoms with Crippen LogP contribution in [0.5, 0.6) is 0 Å². The first-order valence-corrected chi connectivity index (χ1v) is 5.79. The van der Waals surface area contributed by atoms with E-state index in [0.717, 1.165) is 23.5 Å². The van der Waals surface area contributed by atoms with Gasteiger partial charge in [0.2, 0.25) is 0 Å². The Morgan fingerprint density at radius 3 is 2.89 bits per heavy atom. The summed E-state index contributed by atoms with van der Waals surface area (Å²) in [5.74, 6) is -0.0463. The number of aliphatic carboxylic acids is 1. The third-order valence-electron chi connectivity index (χ3n) is 2.68. The summed E-state index contributed by atoms with van der Waals surface area (Å²) in [5, 5.41) is 20.3. The fourth-order valence-corrected chi connectivity index (χ4v) is 1.78. The van der Waals surface area contributed by atoms with Crippen LogP contribution >= 0.6 is 0 Å². The van der Waals surface area contributed by atoms with Crippen molar-refractivity contribution in [1.82, 2.24) is 20.2 Å². The topological polar surface area (TPSA) is 80.9 Å². The van der Waals surface area contributed by atoms with Crippen molar-refractivity contribution in [3.05, 3.63) is 35.7 Å². The molecule has 1 aromatic carbocycles. The summed E-state index contributed by atoms with van der Waals surface area (Å²) in [5.41, 5.74) is 1.78. The van der Waals surface area contributed by atoms with Crippen LogP contribution in [0.15, 0.2) is 24.3 Å². The third-order valence-corrected chi connectivity index (χ3v) is 2.68. The minimum Gasteiger partial charge on any atom is -0.481 e. The second-order valence-corrected chi connectivity index (χ2v) is 3.88. The fourth-order valence-electron chi connectivity index (χ4n) is 1.78. The molecule has 18 heavy (non-hydrogen) atoms. The van der Waals surface area contributed by atoms with Crippen LogP contribution < -0.4 is 0 Å². The molecule has 1 aromatic heterocycles. The van der Waals surface area contributed by atoms with Gasteiger partial charge in [-0.05, 0) is 28.5 Å². The number of nitrogens with zero attached hydrogens (tertiary/aromatic N) is 4. The van der Waals surface area contributed by atoms with Crippen LogP contribution in [0.25, 0.3) is 5.69 Å². The Balaban J connectivity index is 2.35. The summed E-state index contributed by atoms with van der Waals surface area (Å²) in [6, 6.07) is 7.57. The van der Waals surface area contributed by atoms with Crippen LogP contribution in [0, 0.1) is 0 Å². The monoisotopic (exact) mass is 246 g/mol. The van der Waals surface area contributed by atoms with Crippen molar-refractivity contribution in [3.63, 3.8) is 0 Å². The van der Waals surface area contributed by atoms with Crippen molar-refractivity contribution in [2.45, 2.75) is 26.2 Å². The Bertz CT molecular complexity index is 551. The molecule has 0 saturated carbocycles. The smallest absolute Gasteiger partial charge is 0.303 e. The Hall–Kier alpha value is -2.24. The van der Waals surface area contributed by atoms with Gasteiger partial charge in [0, 0.05) is 12.8 Å². The van der Waals surface area contributed by atoms with E-state index in [1.807, 2.05) is 31.2 Å².